The quantitative estimate of drug-likeness (QED) is 0.546. The molecule has 2 aromatic rings. The smallest absolute Gasteiger partial charge is 0.307 e. The normalized spacial score (nSPS) is 11.0. The second-order valence-corrected chi connectivity index (χ2v) is 7.65. The largest absolute Gasteiger partial charge is 0.494 e. The molecule has 0 aromatic heterocycles. The zero-order valence-corrected chi connectivity index (χ0v) is 16.8. The lowest BCUT2D eigenvalue weighted by molar-refractivity contribution is -0.147. The average Bonchev–Trinajstić information content (AvgIpc) is 2.69. The third-order valence-electron chi connectivity index (χ3n) is 3.64. The van der Waals surface area contributed by atoms with E-state index in [-0.39, 0.29) is 23.5 Å². The SMILES string of the molecule is CCOc1ccc(S(=O)(=O)NCCC(=O)OCC(=O)Nc2ccc(F)cc2F)cc1. The van der Waals surface area contributed by atoms with Crippen molar-refractivity contribution >= 4 is 27.6 Å². The molecule has 0 aliphatic heterocycles. The second-order valence-electron chi connectivity index (χ2n) is 5.89. The van der Waals surface area contributed by atoms with Gasteiger partial charge in [-0.1, -0.05) is 0 Å². The highest BCUT2D eigenvalue weighted by Gasteiger charge is 2.15. The van der Waals surface area contributed by atoms with Crippen LogP contribution >= 0.6 is 0 Å². The first-order chi connectivity index (χ1) is 14.2. The van der Waals surface area contributed by atoms with Gasteiger partial charge in [0, 0.05) is 12.6 Å². The Kier molecular flexibility index (Phi) is 8.25. The molecule has 2 N–H and O–H groups in total. The maximum atomic E-state index is 13.5. The minimum absolute atomic E-state index is 0.0000210. The minimum Gasteiger partial charge on any atom is -0.494 e. The lowest BCUT2D eigenvalue weighted by Crippen LogP contribution is -2.28. The number of benzene rings is 2. The maximum Gasteiger partial charge on any atom is 0.307 e. The van der Waals surface area contributed by atoms with E-state index in [0.717, 1.165) is 12.1 Å². The minimum atomic E-state index is -3.83. The van der Waals surface area contributed by atoms with Crippen molar-refractivity contribution in [2.24, 2.45) is 0 Å². The molecule has 2 rings (SSSR count). The van der Waals surface area contributed by atoms with Crippen LogP contribution < -0.4 is 14.8 Å². The van der Waals surface area contributed by atoms with Crippen LogP contribution in [0, 0.1) is 11.6 Å². The summed E-state index contributed by atoms with van der Waals surface area (Å²) in [6.45, 7) is 1.29. The topological polar surface area (TPSA) is 111 Å². The van der Waals surface area contributed by atoms with Crippen molar-refractivity contribution in [2.45, 2.75) is 18.2 Å². The zero-order chi connectivity index (χ0) is 22.1. The Hall–Kier alpha value is -3.05. The van der Waals surface area contributed by atoms with Gasteiger partial charge >= 0.3 is 5.97 Å². The van der Waals surface area contributed by atoms with Crippen molar-refractivity contribution < 1.29 is 36.3 Å². The molecule has 8 nitrogen and oxygen atoms in total. The first-order valence-electron chi connectivity index (χ1n) is 8.84. The summed E-state index contributed by atoms with van der Waals surface area (Å²) in [7, 11) is -3.83. The number of anilines is 1. The van der Waals surface area contributed by atoms with Gasteiger partial charge in [0.15, 0.2) is 6.61 Å². The number of ether oxygens (including phenoxy) is 2. The predicted molar refractivity (Wildman–Crippen MR) is 103 cm³/mol. The lowest BCUT2D eigenvalue weighted by atomic mass is 10.3. The van der Waals surface area contributed by atoms with Gasteiger partial charge in [-0.2, -0.15) is 0 Å². The number of carbonyl (C=O) groups is 2. The number of esters is 1. The van der Waals surface area contributed by atoms with Crippen LogP contribution in [0.1, 0.15) is 13.3 Å². The molecular weight excluding hydrogens is 422 g/mol. The molecule has 11 heteroatoms. The summed E-state index contributed by atoms with van der Waals surface area (Å²) in [6.07, 6.45) is -0.325. The third kappa shape index (κ3) is 7.08. The van der Waals surface area contributed by atoms with Gasteiger partial charge in [-0.15, -0.1) is 0 Å². The van der Waals surface area contributed by atoms with Gasteiger partial charge in [-0.25, -0.2) is 21.9 Å². The first kappa shape index (κ1) is 23.2. The van der Waals surface area contributed by atoms with Crippen LogP contribution in [0.15, 0.2) is 47.4 Å². The summed E-state index contributed by atoms with van der Waals surface area (Å²) < 4.78 is 62.8. The Morgan fingerprint density at radius 1 is 1.07 bits per heavy atom. The summed E-state index contributed by atoms with van der Waals surface area (Å²) >= 11 is 0. The molecule has 0 aliphatic rings. The molecule has 0 heterocycles. The molecule has 0 saturated carbocycles. The fourth-order valence-electron chi connectivity index (χ4n) is 2.25. The highest BCUT2D eigenvalue weighted by molar-refractivity contribution is 7.89. The Balaban J connectivity index is 1.75. The van der Waals surface area contributed by atoms with Crippen LogP contribution in [-0.4, -0.2) is 40.1 Å². The highest BCUT2D eigenvalue weighted by atomic mass is 32.2. The van der Waals surface area contributed by atoms with E-state index in [1.54, 1.807) is 6.92 Å². The van der Waals surface area contributed by atoms with Gasteiger partial charge in [0.25, 0.3) is 5.91 Å². The lowest BCUT2D eigenvalue weighted by Gasteiger charge is -2.09. The van der Waals surface area contributed by atoms with Crippen LogP contribution in [0.25, 0.3) is 0 Å². The van der Waals surface area contributed by atoms with Gasteiger partial charge < -0.3 is 14.8 Å². The molecule has 0 bridgehead atoms. The van der Waals surface area contributed by atoms with Crippen molar-refractivity contribution in [1.29, 1.82) is 0 Å². The van der Waals surface area contributed by atoms with E-state index < -0.39 is 40.1 Å². The van der Waals surface area contributed by atoms with Crippen molar-refractivity contribution in [3.63, 3.8) is 0 Å². The molecule has 0 unspecified atom stereocenters. The molecule has 162 valence electrons. The molecule has 0 radical (unpaired) electrons. The number of hydrogen-bond acceptors (Lipinski definition) is 6. The molecule has 0 atom stereocenters. The number of sulfonamides is 1. The molecule has 0 fully saturated rings. The summed E-state index contributed by atoms with van der Waals surface area (Å²) in [6, 6.07) is 8.33. The van der Waals surface area contributed by atoms with Gasteiger partial charge in [0.1, 0.15) is 17.4 Å². The van der Waals surface area contributed by atoms with E-state index in [1.165, 1.54) is 24.3 Å². The van der Waals surface area contributed by atoms with E-state index in [1.807, 2.05) is 0 Å². The Labute approximate surface area is 172 Å². The van der Waals surface area contributed by atoms with Crippen LogP contribution in [0.5, 0.6) is 5.75 Å². The van der Waals surface area contributed by atoms with E-state index in [4.69, 9.17) is 9.47 Å². The maximum absolute atomic E-state index is 13.5. The standard InChI is InChI=1S/C19H20F2N2O6S/c1-2-28-14-4-6-15(7-5-14)30(26,27)22-10-9-19(25)29-12-18(24)23-17-8-3-13(20)11-16(17)21/h3-8,11,22H,2,9-10,12H2,1H3,(H,23,24). The highest BCUT2D eigenvalue weighted by Crippen LogP contribution is 2.16. The zero-order valence-electron chi connectivity index (χ0n) is 16.0. The Bertz CT molecular complexity index is 997. The number of halogens is 2. The van der Waals surface area contributed by atoms with Crippen molar-refractivity contribution in [2.75, 3.05) is 25.1 Å². The molecule has 2 aromatic carbocycles. The van der Waals surface area contributed by atoms with Gasteiger partial charge in [0.05, 0.1) is 23.6 Å². The van der Waals surface area contributed by atoms with E-state index in [2.05, 4.69) is 10.0 Å². The summed E-state index contributed by atoms with van der Waals surface area (Å²) in [4.78, 5) is 23.3. The van der Waals surface area contributed by atoms with Gasteiger partial charge in [0.2, 0.25) is 10.0 Å². The summed E-state index contributed by atoms with van der Waals surface area (Å²) in [5, 5.41) is 2.13. The molecule has 1 amide bonds. The van der Waals surface area contributed by atoms with E-state index in [0.29, 0.717) is 18.4 Å². The van der Waals surface area contributed by atoms with Gasteiger partial charge in [-0.3, -0.25) is 9.59 Å². The second kappa shape index (κ2) is 10.6. The summed E-state index contributed by atoms with van der Waals surface area (Å²) in [5.41, 5.74) is -0.263. The molecule has 0 aliphatic carbocycles. The van der Waals surface area contributed by atoms with Crippen molar-refractivity contribution in [3.05, 3.63) is 54.1 Å². The van der Waals surface area contributed by atoms with Crippen molar-refractivity contribution in [3.8, 4) is 5.75 Å². The number of rotatable bonds is 10. The van der Waals surface area contributed by atoms with Gasteiger partial charge in [-0.05, 0) is 43.3 Å². The Morgan fingerprint density at radius 2 is 1.77 bits per heavy atom. The Morgan fingerprint density at radius 3 is 2.40 bits per heavy atom. The van der Waals surface area contributed by atoms with Crippen LogP contribution in [-0.2, 0) is 24.3 Å². The van der Waals surface area contributed by atoms with Crippen LogP contribution in [0.4, 0.5) is 14.5 Å². The monoisotopic (exact) mass is 442 g/mol. The van der Waals surface area contributed by atoms with E-state index in [9.17, 15) is 26.8 Å². The molecule has 30 heavy (non-hydrogen) atoms. The first-order valence-corrected chi connectivity index (χ1v) is 10.3. The van der Waals surface area contributed by atoms with Crippen LogP contribution in [0.3, 0.4) is 0 Å². The number of amides is 1. The van der Waals surface area contributed by atoms with Crippen LogP contribution in [0.2, 0.25) is 0 Å². The fraction of sp³-hybridized carbons (Fsp3) is 0.263. The fourth-order valence-corrected chi connectivity index (χ4v) is 3.28. The number of nitrogens with one attached hydrogen (secondary N) is 2. The third-order valence-corrected chi connectivity index (χ3v) is 5.11. The summed E-state index contributed by atoms with van der Waals surface area (Å²) in [5.74, 6) is -2.91. The predicted octanol–water partition coefficient (Wildman–Crippen LogP) is 2.21. The van der Waals surface area contributed by atoms with E-state index >= 15 is 0 Å². The van der Waals surface area contributed by atoms with Crippen molar-refractivity contribution in [1.82, 2.24) is 4.72 Å². The molecular formula is C19H20F2N2O6S. The average molecular weight is 442 g/mol. The number of carbonyl (C=O) groups excluding carboxylic acids is 2. The molecule has 0 saturated heterocycles. The molecule has 0 spiro atoms. The number of hydrogen-bond donors (Lipinski definition) is 2.